The molecule has 0 radical (unpaired) electrons. The highest BCUT2D eigenvalue weighted by molar-refractivity contribution is 6.22. The molecule has 148 valence electrons. The van der Waals surface area contributed by atoms with E-state index in [4.69, 9.17) is 14.2 Å². The van der Waals surface area contributed by atoms with E-state index in [2.05, 4.69) is 5.32 Å². The molecule has 0 aliphatic carbocycles. The number of nitrogens with zero attached hydrogens (tertiary/aromatic N) is 1. The molecule has 29 heavy (non-hydrogen) atoms. The Labute approximate surface area is 166 Å². The van der Waals surface area contributed by atoms with Crippen LogP contribution in [-0.4, -0.2) is 48.7 Å². The number of hydrogen-bond acceptors (Lipinski definition) is 6. The van der Waals surface area contributed by atoms with Gasteiger partial charge in [0, 0.05) is 23.9 Å². The number of carbonyl (C=O) groups is 3. The molecule has 5 rings (SSSR count). The van der Waals surface area contributed by atoms with Gasteiger partial charge >= 0.3 is 0 Å². The van der Waals surface area contributed by atoms with Gasteiger partial charge in [0.1, 0.15) is 0 Å². The van der Waals surface area contributed by atoms with Crippen molar-refractivity contribution in [1.82, 2.24) is 4.90 Å². The molecule has 0 aromatic heterocycles. The number of anilines is 1. The van der Waals surface area contributed by atoms with Crippen molar-refractivity contribution in [3.05, 3.63) is 53.1 Å². The summed E-state index contributed by atoms with van der Waals surface area (Å²) >= 11 is 0. The third-order valence-corrected chi connectivity index (χ3v) is 5.27. The lowest BCUT2D eigenvalue weighted by Crippen LogP contribution is -2.36. The summed E-state index contributed by atoms with van der Waals surface area (Å²) in [5.74, 6) is 0.0595. The van der Waals surface area contributed by atoms with Gasteiger partial charge in [0.15, 0.2) is 11.5 Å². The normalized spacial score (nSPS) is 19.6. The maximum atomic E-state index is 12.7. The molecule has 1 saturated heterocycles. The smallest absolute Gasteiger partial charge is 0.261 e. The van der Waals surface area contributed by atoms with E-state index in [9.17, 15) is 14.4 Å². The molecule has 8 nitrogen and oxygen atoms in total. The fourth-order valence-electron chi connectivity index (χ4n) is 3.77. The SMILES string of the molecule is O=C(Nc1ccc2c(c1)OCO2)c1ccc2c(c1)C(=O)N(CC1CCCO1)C2=O. The topological polar surface area (TPSA) is 94.2 Å². The Morgan fingerprint density at radius 3 is 2.69 bits per heavy atom. The third-order valence-electron chi connectivity index (χ3n) is 5.27. The zero-order valence-corrected chi connectivity index (χ0v) is 15.5. The Morgan fingerprint density at radius 1 is 1.03 bits per heavy atom. The van der Waals surface area contributed by atoms with Crippen LogP contribution in [0.25, 0.3) is 0 Å². The molecule has 0 spiro atoms. The fraction of sp³-hybridized carbons (Fsp3) is 0.286. The summed E-state index contributed by atoms with van der Waals surface area (Å²) < 4.78 is 16.1. The molecule has 0 saturated carbocycles. The molecule has 2 aromatic rings. The molecular formula is C21H18N2O6. The average molecular weight is 394 g/mol. The standard InChI is InChI=1S/C21H18N2O6/c24-19(22-13-4-6-17-18(9-13)29-11-28-17)12-3-5-15-16(8-12)21(26)23(20(15)25)10-14-2-1-7-27-14/h3-6,8-9,14H,1-2,7,10-11H2,(H,22,24). The maximum Gasteiger partial charge on any atom is 0.261 e. The summed E-state index contributed by atoms with van der Waals surface area (Å²) in [6, 6.07) is 9.63. The minimum Gasteiger partial charge on any atom is -0.454 e. The van der Waals surface area contributed by atoms with Crippen LogP contribution in [0.4, 0.5) is 5.69 Å². The van der Waals surface area contributed by atoms with E-state index in [0.29, 0.717) is 34.9 Å². The summed E-state index contributed by atoms with van der Waals surface area (Å²) in [7, 11) is 0. The molecule has 3 heterocycles. The highest BCUT2D eigenvalue weighted by Crippen LogP contribution is 2.34. The summed E-state index contributed by atoms with van der Waals surface area (Å²) in [6.07, 6.45) is 1.64. The van der Waals surface area contributed by atoms with Gasteiger partial charge in [0.25, 0.3) is 17.7 Å². The van der Waals surface area contributed by atoms with Crippen LogP contribution in [0.2, 0.25) is 0 Å². The van der Waals surface area contributed by atoms with Gasteiger partial charge in [0.05, 0.1) is 23.8 Å². The summed E-state index contributed by atoms with van der Waals surface area (Å²) in [5, 5.41) is 2.77. The van der Waals surface area contributed by atoms with Crippen molar-refractivity contribution in [3.8, 4) is 11.5 Å². The first-order chi connectivity index (χ1) is 14.1. The highest BCUT2D eigenvalue weighted by atomic mass is 16.7. The first-order valence-corrected chi connectivity index (χ1v) is 9.43. The Morgan fingerprint density at radius 2 is 1.86 bits per heavy atom. The molecule has 0 bridgehead atoms. The predicted octanol–water partition coefficient (Wildman–Crippen LogP) is 2.44. The number of rotatable bonds is 4. The molecule has 3 aliphatic heterocycles. The molecular weight excluding hydrogens is 376 g/mol. The Bertz CT molecular complexity index is 1030. The third kappa shape index (κ3) is 3.11. The van der Waals surface area contributed by atoms with E-state index in [1.54, 1.807) is 24.3 Å². The number of nitrogens with one attached hydrogen (secondary N) is 1. The quantitative estimate of drug-likeness (QED) is 0.801. The van der Waals surface area contributed by atoms with Crippen LogP contribution in [0.5, 0.6) is 11.5 Å². The van der Waals surface area contributed by atoms with E-state index >= 15 is 0 Å². The van der Waals surface area contributed by atoms with E-state index in [1.807, 2.05) is 0 Å². The number of benzene rings is 2. The first kappa shape index (κ1) is 17.7. The van der Waals surface area contributed by atoms with Crippen LogP contribution >= 0.6 is 0 Å². The van der Waals surface area contributed by atoms with Gasteiger partial charge in [-0.05, 0) is 43.2 Å². The minimum absolute atomic E-state index is 0.119. The van der Waals surface area contributed by atoms with Crippen LogP contribution in [-0.2, 0) is 4.74 Å². The lowest BCUT2D eigenvalue weighted by atomic mass is 10.1. The van der Waals surface area contributed by atoms with Gasteiger partial charge in [-0.3, -0.25) is 19.3 Å². The molecule has 3 aliphatic rings. The van der Waals surface area contributed by atoms with Crippen LogP contribution < -0.4 is 14.8 Å². The first-order valence-electron chi connectivity index (χ1n) is 9.43. The molecule has 2 aromatic carbocycles. The monoisotopic (exact) mass is 394 g/mol. The molecule has 1 unspecified atom stereocenters. The molecule has 1 fully saturated rings. The van der Waals surface area contributed by atoms with Crippen molar-refractivity contribution in [2.45, 2.75) is 18.9 Å². The lowest BCUT2D eigenvalue weighted by Gasteiger charge is -2.17. The maximum absolute atomic E-state index is 12.7. The Hall–Kier alpha value is -3.39. The molecule has 1 atom stereocenters. The number of hydrogen-bond donors (Lipinski definition) is 1. The van der Waals surface area contributed by atoms with Crippen LogP contribution in [0, 0.1) is 0 Å². The second-order valence-electron chi connectivity index (χ2n) is 7.14. The number of imide groups is 1. The van der Waals surface area contributed by atoms with Crippen molar-refractivity contribution in [3.63, 3.8) is 0 Å². The van der Waals surface area contributed by atoms with Crippen molar-refractivity contribution >= 4 is 23.4 Å². The molecule has 1 N–H and O–H groups in total. The van der Waals surface area contributed by atoms with E-state index in [0.717, 1.165) is 12.8 Å². The van der Waals surface area contributed by atoms with Gasteiger partial charge in [-0.1, -0.05) is 0 Å². The fourth-order valence-corrected chi connectivity index (χ4v) is 3.77. The van der Waals surface area contributed by atoms with Crippen LogP contribution in [0.1, 0.15) is 43.9 Å². The molecule has 8 heteroatoms. The number of carbonyl (C=O) groups excluding carboxylic acids is 3. The zero-order chi connectivity index (χ0) is 20.0. The lowest BCUT2D eigenvalue weighted by molar-refractivity contribution is 0.0475. The van der Waals surface area contributed by atoms with Gasteiger partial charge in [-0.2, -0.15) is 0 Å². The Kier molecular flexibility index (Phi) is 4.21. The van der Waals surface area contributed by atoms with Crippen molar-refractivity contribution in [2.24, 2.45) is 0 Å². The van der Waals surface area contributed by atoms with E-state index in [-0.39, 0.29) is 36.8 Å². The van der Waals surface area contributed by atoms with Gasteiger partial charge in [-0.15, -0.1) is 0 Å². The average Bonchev–Trinajstić information content (AvgIpc) is 3.45. The summed E-state index contributed by atoms with van der Waals surface area (Å²) in [5.41, 5.74) is 1.39. The minimum atomic E-state index is -0.391. The second-order valence-corrected chi connectivity index (χ2v) is 7.14. The van der Waals surface area contributed by atoms with Crippen molar-refractivity contribution in [1.29, 1.82) is 0 Å². The predicted molar refractivity (Wildman–Crippen MR) is 101 cm³/mol. The molecule has 3 amide bonds. The van der Waals surface area contributed by atoms with Crippen LogP contribution in [0.3, 0.4) is 0 Å². The van der Waals surface area contributed by atoms with Gasteiger partial charge in [-0.25, -0.2) is 0 Å². The second kappa shape index (κ2) is 6.89. The van der Waals surface area contributed by atoms with E-state index in [1.165, 1.54) is 17.0 Å². The number of fused-ring (bicyclic) bond motifs is 2. The van der Waals surface area contributed by atoms with E-state index < -0.39 is 5.91 Å². The van der Waals surface area contributed by atoms with Gasteiger partial charge < -0.3 is 19.5 Å². The number of amides is 3. The van der Waals surface area contributed by atoms with Crippen molar-refractivity contribution in [2.75, 3.05) is 25.3 Å². The zero-order valence-electron chi connectivity index (χ0n) is 15.5. The summed E-state index contributed by atoms with van der Waals surface area (Å²) in [4.78, 5) is 39.2. The largest absolute Gasteiger partial charge is 0.454 e. The van der Waals surface area contributed by atoms with Gasteiger partial charge in [0.2, 0.25) is 6.79 Å². The van der Waals surface area contributed by atoms with Crippen LogP contribution in [0.15, 0.2) is 36.4 Å². The number of ether oxygens (including phenoxy) is 3. The summed E-state index contributed by atoms with van der Waals surface area (Å²) in [6.45, 7) is 1.04. The highest BCUT2D eigenvalue weighted by Gasteiger charge is 2.38. The Balaban J connectivity index is 1.34. The van der Waals surface area contributed by atoms with Crippen molar-refractivity contribution < 1.29 is 28.6 Å².